The Balaban J connectivity index is 0.000000722. The summed E-state index contributed by atoms with van der Waals surface area (Å²) in [6.45, 7) is 5.11. The van der Waals surface area contributed by atoms with Crippen molar-refractivity contribution in [2.24, 2.45) is 0 Å². The molecule has 90 valence electrons. The van der Waals surface area contributed by atoms with Crippen LogP contribution in [0.1, 0.15) is 12.8 Å². The molecule has 17 heavy (non-hydrogen) atoms. The maximum absolute atomic E-state index is 2.56. The van der Waals surface area contributed by atoms with Crippen LogP contribution in [-0.2, 0) is 23.2 Å². The number of hydrogen-bond acceptors (Lipinski definition) is 0. The van der Waals surface area contributed by atoms with Crippen molar-refractivity contribution < 1.29 is 48.0 Å². The summed E-state index contributed by atoms with van der Waals surface area (Å²) in [4.78, 5) is 0. The van der Waals surface area contributed by atoms with Gasteiger partial charge in [-0.2, -0.15) is 0 Å². The first kappa shape index (κ1) is 15.7. The van der Waals surface area contributed by atoms with E-state index < -0.39 is 8.07 Å². The predicted octanol–water partition coefficient (Wildman–Crippen LogP) is -2.23. The third-order valence-electron chi connectivity index (χ3n) is 3.62. The molecule has 3 rings (SSSR count). The van der Waals surface area contributed by atoms with Gasteiger partial charge in [-0.3, -0.25) is 0 Å². The molecule has 0 nitrogen and oxygen atoms in total. The van der Waals surface area contributed by atoms with Gasteiger partial charge < -0.3 is 24.8 Å². The second-order valence-electron chi connectivity index (χ2n) is 5.29. The first-order valence-electron chi connectivity index (χ1n) is 5.72. The van der Waals surface area contributed by atoms with E-state index in [1.807, 2.05) is 11.8 Å². The Morgan fingerprint density at radius 1 is 1.00 bits per heavy atom. The molecule has 0 N–H and O–H groups in total. The van der Waals surface area contributed by atoms with Crippen LogP contribution in [0, 0.1) is 0 Å². The van der Waals surface area contributed by atoms with E-state index in [-0.39, 0.29) is 48.0 Å². The van der Waals surface area contributed by atoms with Crippen LogP contribution < -0.4 is 24.8 Å². The molecule has 0 aromatic rings. The zero-order valence-corrected chi connectivity index (χ0v) is 15.2. The zero-order valence-electron chi connectivity index (χ0n) is 10.2. The van der Waals surface area contributed by atoms with Crippen molar-refractivity contribution in [1.82, 2.24) is 0 Å². The number of halogens is 2. The van der Waals surface area contributed by atoms with E-state index in [9.17, 15) is 0 Å². The van der Waals surface area contributed by atoms with E-state index >= 15 is 0 Å². The maximum atomic E-state index is 2.56. The monoisotopic (exact) mass is 360 g/mol. The largest absolute Gasteiger partial charge is 1.00 e. The van der Waals surface area contributed by atoms with Gasteiger partial charge in [0.15, 0.2) is 0 Å². The summed E-state index contributed by atoms with van der Waals surface area (Å²) in [7, 11) is -1.13. The van der Waals surface area contributed by atoms with Crippen molar-refractivity contribution in [2.75, 3.05) is 0 Å². The topological polar surface area (TPSA) is 0 Å². The van der Waals surface area contributed by atoms with E-state index in [0.29, 0.717) is 0 Å². The summed E-state index contributed by atoms with van der Waals surface area (Å²) in [6.07, 6.45) is 12.3. The Labute approximate surface area is 129 Å². The first-order chi connectivity index (χ1) is 7.17. The normalized spacial score (nSPS) is 22.9. The van der Waals surface area contributed by atoms with Crippen LogP contribution in [0.2, 0.25) is 19.1 Å². The molecule has 0 aromatic carbocycles. The smallest absolute Gasteiger partial charge is 1.00 e. The minimum atomic E-state index is -1.13. The van der Waals surface area contributed by atoms with Gasteiger partial charge in [0.05, 0.1) is 0 Å². The third-order valence-corrected chi connectivity index (χ3v) is 11.4. The van der Waals surface area contributed by atoms with Crippen LogP contribution in [0.25, 0.3) is 0 Å². The van der Waals surface area contributed by atoms with E-state index in [1.165, 1.54) is 18.9 Å². The maximum Gasteiger partial charge on any atom is -1.00 e. The molecule has 0 saturated carbocycles. The van der Waals surface area contributed by atoms with E-state index in [0.717, 1.165) is 0 Å². The molecule has 0 atom stereocenters. The fraction of sp³-hybridized carbons (Fsp3) is 0.385. The van der Waals surface area contributed by atoms with Gasteiger partial charge in [0.1, 0.15) is 0 Å². The summed E-state index contributed by atoms with van der Waals surface area (Å²) in [5.74, 6) is 0. The van der Waals surface area contributed by atoms with Crippen molar-refractivity contribution in [3.63, 3.8) is 0 Å². The summed E-state index contributed by atoms with van der Waals surface area (Å²) in [6, 6.07) is 1.41. The molecule has 2 aliphatic carbocycles. The molecule has 0 radical (unpaired) electrons. The Morgan fingerprint density at radius 2 is 1.65 bits per heavy atom. The average molecular weight is 362 g/mol. The Bertz CT molecular complexity index is 444. The van der Waals surface area contributed by atoms with Gasteiger partial charge in [-0.25, -0.2) is 0 Å². The van der Waals surface area contributed by atoms with Gasteiger partial charge in [-0.05, 0) is 0 Å². The van der Waals surface area contributed by atoms with Gasteiger partial charge in [0.2, 0.25) is 0 Å². The van der Waals surface area contributed by atoms with E-state index in [2.05, 4.69) is 37.4 Å². The molecule has 0 aromatic heterocycles. The van der Waals surface area contributed by atoms with Crippen molar-refractivity contribution in [3.05, 3.63) is 41.6 Å². The van der Waals surface area contributed by atoms with Crippen LogP contribution >= 0.6 is 0 Å². The van der Waals surface area contributed by atoms with Crippen molar-refractivity contribution in [1.29, 1.82) is 0 Å². The number of hydrogen-bond donors (Lipinski definition) is 0. The number of rotatable bonds is 0. The second-order valence-corrected chi connectivity index (χ2v) is 13.5. The summed E-state index contributed by atoms with van der Waals surface area (Å²) in [5.41, 5.74) is 1.75. The average Bonchev–Trinajstić information content (AvgIpc) is 2.75. The Kier molecular flexibility index (Phi) is 5.30. The van der Waals surface area contributed by atoms with Gasteiger partial charge in [0, 0.05) is 0 Å². The first-order valence-corrected chi connectivity index (χ1v) is 11.4. The molecule has 0 spiro atoms. The van der Waals surface area contributed by atoms with Crippen molar-refractivity contribution >= 4 is 8.07 Å². The van der Waals surface area contributed by atoms with Crippen molar-refractivity contribution in [3.8, 4) is 0 Å². The van der Waals surface area contributed by atoms with Crippen molar-refractivity contribution in [2.45, 2.75) is 32.0 Å². The minimum Gasteiger partial charge on any atom is -1.00 e. The van der Waals surface area contributed by atoms with E-state index in [1.54, 1.807) is 5.57 Å². The molecule has 0 unspecified atom stereocenters. The Hall–Kier alpha value is 0.640. The van der Waals surface area contributed by atoms with Gasteiger partial charge in [-0.15, -0.1) is 0 Å². The summed E-state index contributed by atoms with van der Waals surface area (Å²) >= 11 is -0.367. The fourth-order valence-corrected chi connectivity index (χ4v) is 12.4. The molecule has 1 aliphatic heterocycles. The molecule has 3 aliphatic rings. The quantitative estimate of drug-likeness (QED) is 0.428. The molecule has 0 amide bonds. The van der Waals surface area contributed by atoms with Gasteiger partial charge >= 0.3 is 105 Å². The molecule has 4 heteroatoms. The van der Waals surface area contributed by atoms with Gasteiger partial charge in [-0.1, -0.05) is 0 Å². The van der Waals surface area contributed by atoms with Crippen LogP contribution in [0.15, 0.2) is 41.6 Å². The molecule has 0 fully saturated rings. The van der Waals surface area contributed by atoms with E-state index in [4.69, 9.17) is 0 Å². The third kappa shape index (κ3) is 2.81. The minimum absolute atomic E-state index is 0. The Morgan fingerprint density at radius 3 is 2.41 bits per heavy atom. The summed E-state index contributed by atoms with van der Waals surface area (Å²) in [5, 5.41) is 1.83. The van der Waals surface area contributed by atoms with Crippen LogP contribution in [-0.4, -0.2) is 8.07 Å². The standard InChI is InChI=1S/C13H16Si.2ClH.Zr/c1-14(2,13-9-5-6-10-13)11-12-7-3-4-8-12;;;/h3,5,7,9H,4,6,11H2,1-2H3;2*1H;/q;;;+2/p-2. The SMILES string of the molecule is C[Si]1(C)CC2=[C](CC=C2)[Zr+2][C]2=C1C=CC2.[Cl-].[Cl-]. The van der Waals surface area contributed by atoms with Crippen LogP contribution in [0.5, 0.6) is 0 Å². The zero-order chi connectivity index (χ0) is 10.5. The molecular weight excluding hydrogens is 346 g/mol. The van der Waals surface area contributed by atoms with Gasteiger partial charge in [0.25, 0.3) is 0 Å². The molecular formula is C13H16Cl2SiZr. The predicted molar refractivity (Wildman–Crippen MR) is 63.9 cm³/mol. The van der Waals surface area contributed by atoms with Crippen LogP contribution in [0.4, 0.5) is 0 Å². The molecule has 1 heterocycles. The number of allylic oxidation sites excluding steroid dienone is 8. The molecule has 0 bridgehead atoms. The second kappa shape index (κ2) is 5.74. The molecule has 0 saturated heterocycles. The van der Waals surface area contributed by atoms with Crippen LogP contribution in [0.3, 0.4) is 0 Å². The summed E-state index contributed by atoms with van der Waals surface area (Å²) < 4.78 is 3.79. The fourth-order valence-electron chi connectivity index (χ4n) is 2.86.